The zero-order valence-electron chi connectivity index (χ0n) is 49.4. The Morgan fingerprint density at radius 1 is 0.466 bits per heavy atom. The van der Waals surface area contributed by atoms with Crippen LogP contribution in [0.4, 0.5) is 0 Å². The quantitative estimate of drug-likeness (QED) is 0.0272. The van der Waals surface area contributed by atoms with Gasteiger partial charge in [0.05, 0.1) is 39.9 Å². The summed E-state index contributed by atoms with van der Waals surface area (Å²) in [5.41, 5.74) is 0. The molecule has 0 bridgehead atoms. The molecule has 0 heterocycles. The van der Waals surface area contributed by atoms with Crippen LogP contribution >= 0.6 is 7.82 Å². The van der Waals surface area contributed by atoms with Crippen LogP contribution in [-0.4, -0.2) is 68.5 Å². The van der Waals surface area contributed by atoms with Crippen LogP contribution in [0.1, 0.15) is 316 Å². The third-order valence-electron chi connectivity index (χ3n) is 14.6. The summed E-state index contributed by atoms with van der Waals surface area (Å²) in [5, 5.41) is 13.9. The third kappa shape index (κ3) is 58.2. The third-order valence-corrected chi connectivity index (χ3v) is 15.5. The lowest BCUT2D eigenvalue weighted by Gasteiger charge is -2.29. The van der Waals surface area contributed by atoms with E-state index in [0.717, 1.165) is 38.5 Å². The Bertz CT molecular complexity index is 1280. The number of amides is 1. The van der Waals surface area contributed by atoms with E-state index in [1.807, 2.05) is 27.2 Å². The average molecular weight is 1050 g/mol. The predicted octanol–water partition coefficient (Wildman–Crippen LogP) is 19.1. The van der Waals surface area contributed by atoms with Crippen molar-refractivity contribution in [1.29, 1.82) is 0 Å². The number of allylic oxidation sites excluding steroid dienone is 5. The van der Waals surface area contributed by atoms with Gasteiger partial charge in [-0.2, -0.15) is 0 Å². The predicted molar refractivity (Wildman–Crippen MR) is 316 cm³/mol. The van der Waals surface area contributed by atoms with Gasteiger partial charge in [0, 0.05) is 6.42 Å². The Balaban J connectivity index is 4.15. The van der Waals surface area contributed by atoms with Crippen LogP contribution in [0.2, 0.25) is 0 Å². The van der Waals surface area contributed by atoms with E-state index in [-0.39, 0.29) is 12.5 Å². The second kappa shape index (κ2) is 55.5. The lowest BCUT2D eigenvalue weighted by molar-refractivity contribution is -0.870. The molecule has 0 spiro atoms. The van der Waals surface area contributed by atoms with Gasteiger partial charge in [-0.1, -0.05) is 288 Å². The van der Waals surface area contributed by atoms with Gasteiger partial charge in [-0.15, -0.1) is 0 Å². The molecule has 0 aliphatic heterocycles. The molecule has 0 rings (SSSR count). The summed E-state index contributed by atoms with van der Waals surface area (Å²) in [6.07, 6.45) is 72.5. The van der Waals surface area contributed by atoms with E-state index in [0.29, 0.717) is 17.4 Å². The molecule has 2 N–H and O–H groups in total. The van der Waals surface area contributed by atoms with Gasteiger partial charge >= 0.3 is 0 Å². The number of hydrogen-bond acceptors (Lipinski definition) is 6. The molecule has 0 saturated heterocycles. The first-order valence-corrected chi connectivity index (χ1v) is 33.3. The van der Waals surface area contributed by atoms with E-state index < -0.39 is 26.6 Å². The number of quaternary nitrogens is 1. The largest absolute Gasteiger partial charge is 0.756 e. The number of unbranched alkanes of at least 4 members (excludes halogenated alkanes) is 42. The van der Waals surface area contributed by atoms with E-state index in [9.17, 15) is 19.4 Å². The molecule has 0 radical (unpaired) electrons. The molecule has 0 aromatic carbocycles. The van der Waals surface area contributed by atoms with Crippen molar-refractivity contribution in [3.8, 4) is 0 Å². The summed E-state index contributed by atoms with van der Waals surface area (Å²) in [7, 11) is 1.25. The number of nitrogens with zero attached hydrogens (tertiary/aromatic N) is 1. The second-order valence-corrected chi connectivity index (χ2v) is 24.5. The zero-order valence-corrected chi connectivity index (χ0v) is 50.3. The summed E-state index contributed by atoms with van der Waals surface area (Å²) < 4.78 is 23.4. The number of likely N-dealkylation sites (N-methyl/N-ethyl adjacent to an activating group) is 1. The van der Waals surface area contributed by atoms with Gasteiger partial charge in [0.25, 0.3) is 7.82 Å². The van der Waals surface area contributed by atoms with Gasteiger partial charge in [0.15, 0.2) is 0 Å². The van der Waals surface area contributed by atoms with Crippen LogP contribution in [0.5, 0.6) is 0 Å². The monoisotopic (exact) mass is 1050 g/mol. The van der Waals surface area contributed by atoms with E-state index >= 15 is 0 Å². The number of carbonyl (C=O) groups excluding carboxylic acids is 1. The van der Waals surface area contributed by atoms with Crippen LogP contribution in [0.25, 0.3) is 0 Å². The molecule has 9 heteroatoms. The molecule has 3 atom stereocenters. The maximum absolute atomic E-state index is 13.0. The molecule has 0 saturated carbocycles. The lowest BCUT2D eigenvalue weighted by Crippen LogP contribution is -2.45. The van der Waals surface area contributed by atoms with Crippen LogP contribution in [-0.2, 0) is 18.4 Å². The molecule has 1 amide bonds. The zero-order chi connectivity index (χ0) is 53.5. The van der Waals surface area contributed by atoms with Gasteiger partial charge < -0.3 is 28.8 Å². The molecule has 0 aliphatic carbocycles. The summed E-state index contributed by atoms with van der Waals surface area (Å²) >= 11 is 0. The SMILES string of the molecule is CCCCCCCCCCCCCC/C=C\CCCCCCCCCCCCCCC(=O)NC(COP(=O)([O-])OCC[N+](C)(C)C)C(O)/C=C/CC/C=C/CCCCCCCCCCCCCCCCCCC. The first-order chi connectivity index (χ1) is 35.5. The first-order valence-electron chi connectivity index (χ1n) is 31.9. The molecule has 0 aromatic heterocycles. The summed E-state index contributed by atoms with van der Waals surface area (Å²) in [6, 6.07) is -0.904. The highest BCUT2D eigenvalue weighted by atomic mass is 31.2. The molecule has 0 fully saturated rings. The van der Waals surface area contributed by atoms with Crippen molar-refractivity contribution >= 4 is 13.7 Å². The maximum Gasteiger partial charge on any atom is 0.268 e. The van der Waals surface area contributed by atoms with Crippen molar-refractivity contribution in [2.45, 2.75) is 328 Å². The average Bonchev–Trinajstić information content (AvgIpc) is 3.35. The number of rotatable bonds is 59. The molecule has 0 aliphatic rings. The minimum Gasteiger partial charge on any atom is -0.756 e. The van der Waals surface area contributed by atoms with E-state index in [1.54, 1.807) is 6.08 Å². The molecule has 8 nitrogen and oxygen atoms in total. The Morgan fingerprint density at radius 3 is 1.11 bits per heavy atom. The fourth-order valence-electron chi connectivity index (χ4n) is 9.58. The topological polar surface area (TPSA) is 108 Å². The highest BCUT2D eigenvalue weighted by Gasteiger charge is 2.23. The highest BCUT2D eigenvalue weighted by molar-refractivity contribution is 7.45. The van der Waals surface area contributed by atoms with Gasteiger partial charge in [-0.3, -0.25) is 9.36 Å². The van der Waals surface area contributed by atoms with Crippen LogP contribution in [0, 0.1) is 0 Å². The maximum atomic E-state index is 13.0. The highest BCUT2D eigenvalue weighted by Crippen LogP contribution is 2.38. The van der Waals surface area contributed by atoms with E-state index in [4.69, 9.17) is 9.05 Å². The lowest BCUT2D eigenvalue weighted by atomic mass is 10.0. The molecule has 0 aromatic rings. The Morgan fingerprint density at radius 2 is 0.767 bits per heavy atom. The minimum atomic E-state index is -4.61. The van der Waals surface area contributed by atoms with E-state index in [1.165, 1.54) is 257 Å². The van der Waals surface area contributed by atoms with Crippen LogP contribution in [0.3, 0.4) is 0 Å². The summed E-state index contributed by atoms with van der Waals surface area (Å²) in [5.74, 6) is -0.203. The minimum absolute atomic E-state index is 0.00535. The molecular weight excluding hydrogens is 924 g/mol. The molecule has 3 unspecified atom stereocenters. The Hall–Kier alpha value is -1.28. The number of aliphatic hydroxyl groups is 1. The van der Waals surface area contributed by atoms with Crippen molar-refractivity contribution in [2.24, 2.45) is 0 Å². The van der Waals surface area contributed by atoms with Gasteiger partial charge in [0.2, 0.25) is 5.91 Å². The van der Waals surface area contributed by atoms with Gasteiger partial charge in [0.1, 0.15) is 13.2 Å². The van der Waals surface area contributed by atoms with Gasteiger partial charge in [-0.05, 0) is 57.8 Å². The molecule has 73 heavy (non-hydrogen) atoms. The van der Waals surface area contributed by atoms with Crippen LogP contribution < -0.4 is 10.2 Å². The van der Waals surface area contributed by atoms with Crippen molar-refractivity contribution in [2.75, 3.05) is 40.9 Å². The van der Waals surface area contributed by atoms with Crippen molar-refractivity contribution < 1.29 is 32.9 Å². The summed E-state index contributed by atoms with van der Waals surface area (Å²) in [4.78, 5) is 25.6. The fourth-order valence-corrected chi connectivity index (χ4v) is 10.3. The second-order valence-electron chi connectivity index (χ2n) is 23.1. The van der Waals surface area contributed by atoms with Gasteiger partial charge in [-0.25, -0.2) is 0 Å². The van der Waals surface area contributed by atoms with Crippen molar-refractivity contribution in [3.63, 3.8) is 0 Å². The number of aliphatic hydroxyl groups excluding tert-OH is 1. The van der Waals surface area contributed by atoms with Crippen molar-refractivity contribution in [3.05, 3.63) is 36.5 Å². The van der Waals surface area contributed by atoms with Crippen molar-refractivity contribution in [1.82, 2.24) is 5.32 Å². The van der Waals surface area contributed by atoms with Crippen LogP contribution in [0.15, 0.2) is 36.5 Å². The molecular formula is C64H125N2O6P. The fraction of sp³-hybridized carbons (Fsp3) is 0.891. The number of phosphoric ester groups is 1. The first kappa shape index (κ1) is 71.7. The Labute approximate surface area is 455 Å². The normalized spacial score (nSPS) is 14.0. The van der Waals surface area contributed by atoms with E-state index in [2.05, 4.69) is 43.5 Å². The molecule has 432 valence electrons. The number of nitrogens with one attached hydrogen (secondary N) is 1. The summed E-state index contributed by atoms with van der Waals surface area (Å²) in [6.45, 7) is 4.68. The number of carbonyl (C=O) groups is 1. The number of hydrogen-bond donors (Lipinski definition) is 2. The number of phosphoric acid groups is 1. The smallest absolute Gasteiger partial charge is 0.268 e. The standard InChI is InChI=1S/C64H125N2O6P/c1-6-8-10-12-14-16-18-20-22-24-26-28-30-31-32-33-34-36-38-40-42-44-46-48-50-52-54-56-58-64(68)65-62(61-72-73(69,70)71-60-59-66(3,4)5)63(67)57-55-53-51-49-47-45-43-41-39-37-35-29-27-25-23-21-19-17-15-13-11-9-7-2/h31-32,47,49,55,57,62-63,67H,6-30,33-46,48,50-54,56,58-61H2,1-5H3,(H-,65,68,69,70)/b32-31-,49-47+,57-55+. The Kier molecular flexibility index (Phi) is 54.5.